The van der Waals surface area contributed by atoms with Crippen molar-refractivity contribution in [3.05, 3.63) is 27.9 Å². The normalized spacial score (nSPS) is 10.9. The van der Waals surface area contributed by atoms with Crippen molar-refractivity contribution in [1.82, 2.24) is 9.97 Å². The third-order valence-corrected chi connectivity index (χ3v) is 3.16. The van der Waals surface area contributed by atoms with Crippen molar-refractivity contribution in [3.8, 4) is 0 Å². The summed E-state index contributed by atoms with van der Waals surface area (Å²) in [6.45, 7) is 6.24. The summed E-state index contributed by atoms with van der Waals surface area (Å²) in [5, 5.41) is 0. The molecule has 15 heavy (non-hydrogen) atoms. The molecule has 0 unspecified atom stereocenters. The molecule has 0 saturated carbocycles. The van der Waals surface area contributed by atoms with E-state index in [1.165, 1.54) is 0 Å². The minimum absolute atomic E-state index is 0.0409. The van der Waals surface area contributed by atoms with Crippen molar-refractivity contribution in [1.29, 1.82) is 0 Å². The van der Waals surface area contributed by atoms with Crippen molar-refractivity contribution in [2.75, 3.05) is 5.75 Å². The standard InChI is InChI=1S/C11H18N2OS/c1-4-5-15-7-10-12-9(8(2)3)6-11(14)13-10/h6,8H,4-5,7H2,1-3H3,(H,12,13,14). The summed E-state index contributed by atoms with van der Waals surface area (Å²) in [5.74, 6) is 3.01. The number of nitrogens with zero attached hydrogens (tertiary/aromatic N) is 1. The first-order chi connectivity index (χ1) is 7.13. The molecule has 0 aromatic carbocycles. The zero-order valence-corrected chi connectivity index (χ0v) is 10.4. The number of hydrogen-bond acceptors (Lipinski definition) is 3. The van der Waals surface area contributed by atoms with E-state index in [4.69, 9.17) is 0 Å². The van der Waals surface area contributed by atoms with Crippen LogP contribution < -0.4 is 5.56 Å². The van der Waals surface area contributed by atoms with Crippen molar-refractivity contribution in [3.63, 3.8) is 0 Å². The van der Waals surface area contributed by atoms with Gasteiger partial charge >= 0.3 is 0 Å². The van der Waals surface area contributed by atoms with E-state index in [1.807, 2.05) is 13.8 Å². The van der Waals surface area contributed by atoms with Gasteiger partial charge in [0.1, 0.15) is 5.82 Å². The Kier molecular flexibility index (Phi) is 4.88. The maximum atomic E-state index is 11.3. The number of nitrogens with one attached hydrogen (secondary N) is 1. The van der Waals surface area contributed by atoms with Gasteiger partial charge in [-0.15, -0.1) is 0 Å². The molecule has 0 aliphatic rings. The van der Waals surface area contributed by atoms with Gasteiger partial charge in [0.25, 0.3) is 5.56 Å². The van der Waals surface area contributed by atoms with Gasteiger partial charge < -0.3 is 4.98 Å². The van der Waals surface area contributed by atoms with Crippen LogP contribution in [0.5, 0.6) is 0 Å². The molecule has 0 bridgehead atoms. The minimum Gasteiger partial charge on any atom is -0.310 e. The Morgan fingerprint density at radius 3 is 2.87 bits per heavy atom. The van der Waals surface area contributed by atoms with Gasteiger partial charge in [-0.25, -0.2) is 4.98 Å². The largest absolute Gasteiger partial charge is 0.310 e. The highest BCUT2D eigenvalue weighted by atomic mass is 32.2. The van der Waals surface area contributed by atoms with Crippen LogP contribution in [-0.2, 0) is 5.75 Å². The summed E-state index contributed by atoms with van der Waals surface area (Å²) in [5.41, 5.74) is 0.839. The minimum atomic E-state index is -0.0409. The lowest BCUT2D eigenvalue weighted by molar-refractivity contribution is 0.792. The number of H-pyrrole nitrogens is 1. The molecule has 0 aliphatic carbocycles. The van der Waals surface area contributed by atoms with Crippen molar-refractivity contribution in [2.45, 2.75) is 38.9 Å². The second-order valence-electron chi connectivity index (χ2n) is 3.82. The second-order valence-corrected chi connectivity index (χ2v) is 4.93. The molecule has 1 rings (SSSR count). The zero-order chi connectivity index (χ0) is 11.3. The topological polar surface area (TPSA) is 45.8 Å². The fourth-order valence-electron chi connectivity index (χ4n) is 1.21. The quantitative estimate of drug-likeness (QED) is 0.785. The van der Waals surface area contributed by atoms with Gasteiger partial charge in [-0.05, 0) is 18.1 Å². The number of rotatable bonds is 5. The summed E-state index contributed by atoms with van der Waals surface area (Å²) >= 11 is 1.80. The summed E-state index contributed by atoms with van der Waals surface area (Å²) in [7, 11) is 0. The van der Waals surface area contributed by atoms with Crippen LogP contribution in [0.3, 0.4) is 0 Å². The van der Waals surface area contributed by atoms with E-state index in [9.17, 15) is 4.79 Å². The van der Waals surface area contributed by atoms with E-state index in [2.05, 4.69) is 16.9 Å². The van der Waals surface area contributed by atoms with Gasteiger partial charge in [-0.2, -0.15) is 11.8 Å². The monoisotopic (exact) mass is 226 g/mol. The Labute approximate surface area is 94.7 Å². The molecule has 0 atom stereocenters. The van der Waals surface area contributed by atoms with Crippen LogP contribution >= 0.6 is 11.8 Å². The van der Waals surface area contributed by atoms with Gasteiger partial charge in [0.05, 0.1) is 11.4 Å². The molecule has 84 valence electrons. The molecule has 1 N–H and O–H groups in total. The molecule has 1 heterocycles. The van der Waals surface area contributed by atoms with Crippen LogP contribution in [0.1, 0.15) is 44.6 Å². The molecule has 0 aliphatic heterocycles. The van der Waals surface area contributed by atoms with Crippen LogP contribution in [0.4, 0.5) is 0 Å². The van der Waals surface area contributed by atoms with Gasteiger partial charge in [0.15, 0.2) is 0 Å². The Bertz CT molecular complexity index is 360. The molecule has 0 saturated heterocycles. The van der Waals surface area contributed by atoms with E-state index in [0.29, 0.717) is 5.92 Å². The number of aromatic nitrogens is 2. The molecule has 0 amide bonds. The third kappa shape index (κ3) is 4.08. The molecule has 1 aromatic rings. The van der Waals surface area contributed by atoms with Crippen molar-refractivity contribution < 1.29 is 0 Å². The Hall–Kier alpha value is -0.770. The summed E-state index contributed by atoms with van der Waals surface area (Å²) < 4.78 is 0. The molecular weight excluding hydrogens is 208 g/mol. The lowest BCUT2D eigenvalue weighted by atomic mass is 10.1. The smallest absolute Gasteiger partial charge is 0.251 e. The Morgan fingerprint density at radius 2 is 2.27 bits per heavy atom. The number of aromatic amines is 1. The van der Waals surface area contributed by atoms with Crippen LogP contribution in [-0.4, -0.2) is 15.7 Å². The molecule has 0 fully saturated rings. The summed E-state index contributed by atoms with van der Waals surface area (Å²) in [4.78, 5) is 18.5. The zero-order valence-electron chi connectivity index (χ0n) is 9.54. The average Bonchev–Trinajstić information content (AvgIpc) is 2.17. The maximum absolute atomic E-state index is 11.3. The van der Waals surface area contributed by atoms with Crippen LogP contribution in [0.2, 0.25) is 0 Å². The van der Waals surface area contributed by atoms with E-state index in [0.717, 1.165) is 29.4 Å². The highest BCUT2D eigenvalue weighted by Crippen LogP contribution is 2.12. The predicted molar refractivity (Wildman–Crippen MR) is 65.4 cm³/mol. The lowest BCUT2D eigenvalue weighted by Gasteiger charge is -2.06. The first-order valence-electron chi connectivity index (χ1n) is 5.31. The number of thioether (sulfide) groups is 1. The molecule has 4 heteroatoms. The fourth-order valence-corrected chi connectivity index (χ4v) is 1.97. The molecule has 0 radical (unpaired) electrons. The van der Waals surface area contributed by atoms with Gasteiger partial charge in [0.2, 0.25) is 0 Å². The average molecular weight is 226 g/mol. The SMILES string of the molecule is CCCSCc1nc(C(C)C)cc(=O)[nH]1. The van der Waals surface area contributed by atoms with E-state index < -0.39 is 0 Å². The van der Waals surface area contributed by atoms with E-state index in [-0.39, 0.29) is 5.56 Å². The Balaban J connectivity index is 2.75. The number of hydrogen-bond donors (Lipinski definition) is 1. The first-order valence-corrected chi connectivity index (χ1v) is 6.46. The predicted octanol–water partition coefficient (Wildman–Crippen LogP) is 2.54. The van der Waals surface area contributed by atoms with Gasteiger partial charge in [0, 0.05) is 6.07 Å². The molecule has 1 aromatic heterocycles. The highest BCUT2D eigenvalue weighted by molar-refractivity contribution is 7.98. The first kappa shape index (κ1) is 12.3. The van der Waals surface area contributed by atoms with Crippen LogP contribution in [0.15, 0.2) is 10.9 Å². The molecular formula is C11H18N2OS. The summed E-state index contributed by atoms with van der Waals surface area (Å²) in [6.07, 6.45) is 1.15. The molecule has 0 spiro atoms. The maximum Gasteiger partial charge on any atom is 0.251 e. The van der Waals surface area contributed by atoms with E-state index in [1.54, 1.807) is 17.8 Å². The summed E-state index contributed by atoms with van der Waals surface area (Å²) in [6, 6.07) is 1.58. The van der Waals surface area contributed by atoms with Crippen molar-refractivity contribution in [2.24, 2.45) is 0 Å². The van der Waals surface area contributed by atoms with Gasteiger partial charge in [-0.3, -0.25) is 4.79 Å². The fraction of sp³-hybridized carbons (Fsp3) is 0.636. The van der Waals surface area contributed by atoms with Crippen LogP contribution in [0.25, 0.3) is 0 Å². The van der Waals surface area contributed by atoms with Gasteiger partial charge in [-0.1, -0.05) is 20.8 Å². The third-order valence-electron chi connectivity index (χ3n) is 1.99. The van der Waals surface area contributed by atoms with Crippen LogP contribution in [0, 0.1) is 0 Å². The second kappa shape index (κ2) is 5.95. The molecule has 3 nitrogen and oxygen atoms in total. The lowest BCUT2D eigenvalue weighted by Crippen LogP contribution is -2.13. The Morgan fingerprint density at radius 1 is 1.53 bits per heavy atom. The van der Waals surface area contributed by atoms with Crippen molar-refractivity contribution >= 4 is 11.8 Å². The van der Waals surface area contributed by atoms with E-state index >= 15 is 0 Å². The highest BCUT2D eigenvalue weighted by Gasteiger charge is 2.04.